The Morgan fingerprint density at radius 3 is 2.54 bits per heavy atom. The number of carbonyl (C=O) groups is 1. The molecule has 72 valence electrons. The van der Waals surface area contributed by atoms with Gasteiger partial charge in [-0.1, -0.05) is 0 Å². The van der Waals surface area contributed by atoms with Crippen molar-refractivity contribution in [3.8, 4) is 0 Å². The number of aryl methyl sites for hydroxylation is 2. The summed E-state index contributed by atoms with van der Waals surface area (Å²) in [6.07, 6.45) is 1.56. The fourth-order valence-electron chi connectivity index (χ4n) is 1.13. The van der Waals surface area contributed by atoms with Crippen molar-refractivity contribution in [1.29, 1.82) is 0 Å². The van der Waals surface area contributed by atoms with Crippen LogP contribution in [0, 0.1) is 13.8 Å². The molecule has 0 bridgehead atoms. The van der Waals surface area contributed by atoms with Gasteiger partial charge < -0.3 is 4.42 Å². The van der Waals surface area contributed by atoms with E-state index in [4.69, 9.17) is 9.25 Å². The summed E-state index contributed by atoms with van der Waals surface area (Å²) in [7, 11) is 3.01. The van der Waals surface area contributed by atoms with Gasteiger partial charge >= 0.3 is 0 Å². The van der Waals surface area contributed by atoms with E-state index >= 15 is 0 Å². The zero-order chi connectivity index (χ0) is 10.0. The first kappa shape index (κ1) is 9.80. The average Bonchev–Trinajstić information content (AvgIpc) is 2.44. The van der Waals surface area contributed by atoms with Gasteiger partial charge in [-0.15, -0.1) is 0 Å². The van der Waals surface area contributed by atoms with E-state index in [0.717, 1.165) is 5.56 Å². The lowest BCUT2D eigenvalue weighted by molar-refractivity contribution is -0.0758. The predicted molar refractivity (Wildman–Crippen MR) is 47.3 cm³/mol. The molecule has 0 aliphatic rings. The Kier molecular flexibility index (Phi) is 2.72. The zero-order valence-electron chi connectivity index (χ0n) is 8.25. The lowest BCUT2D eigenvalue weighted by atomic mass is 10.1. The molecule has 0 saturated carbocycles. The van der Waals surface area contributed by atoms with Crippen molar-refractivity contribution in [1.82, 2.24) is 5.06 Å². The number of hydrogen-bond acceptors (Lipinski definition) is 3. The molecule has 1 heterocycles. The van der Waals surface area contributed by atoms with E-state index in [1.807, 2.05) is 6.92 Å². The van der Waals surface area contributed by atoms with E-state index < -0.39 is 0 Å². The standard InChI is InChI=1S/C9H13NO3/c1-6-5-13-7(2)8(6)9(11)10(3)12-4/h5H,1-4H3. The fraction of sp³-hybridized carbons (Fsp3) is 0.444. The van der Waals surface area contributed by atoms with Gasteiger partial charge in [-0.2, -0.15) is 0 Å². The first-order valence-corrected chi connectivity index (χ1v) is 3.94. The fourth-order valence-corrected chi connectivity index (χ4v) is 1.13. The van der Waals surface area contributed by atoms with E-state index in [1.165, 1.54) is 12.2 Å². The van der Waals surface area contributed by atoms with Crippen LogP contribution in [0.5, 0.6) is 0 Å². The third-order valence-electron chi connectivity index (χ3n) is 1.93. The Morgan fingerprint density at radius 2 is 2.15 bits per heavy atom. The normalized spacial score (nSPS) is 10.2. The second-order valence-electron chi connectivity index (χ2n) is 2.84. The molecule has 0 aliphatic carbocycles. The van der Waals surface area contributed by atoms with Crippen LogP contribution in [0.25, 0.3) is 0 Å². The van der Waals surface area contributed by atoms with Gasteiger partial charge in [0.1, 0.15) is 5.76 Å². The highest BCUT2D eigenvalue weighted by atomic mass is 16.7. The molecule has 1 aromatic rings. The Labute approximate surface area is 77.0 Å². The maximum atomic E-state index is 11.6. The SMILES string of the molecule is CON(C)C(=O)c1c(C)coc1C. The highest BCUT2D eigenvalue weighted by Gasteiger charge is 2.19. The summed E-state index contributed by atoms with van der Waals surface area (Å²) in [4.78, 5) is 16.4. The predicted octanol–water partition coefficient (Wildman–Crippen LogP) is 1.53. The number of hydrogen-bond donors (Lipinski definition) is 0. The molecule has 0 aromatic carbocycles. The Balaban J connectivity index is 3.01. The molecule has 0 spiro atoms. The molecule has 4 nitrogen and oxygen atoms in total. The molecule has 0 aliphatic heterocycles. The van der Waals surface area contributed by atoms with Crippen LogP contribution >= 0.6 is 0 Å². The van der Waals surface area contributed by atoms with Crippen molar-refractivity contribution in [3.63, 3.8) is 0 Å². The van der Waals surface area contributed by atoms with Crippen LogP contribution in [0.1, 0.15) is 21.7 Å². The second-order valence-corrected chi connectivity index (χ2v) is 2.84. The van der Waals surface area contributed by atoms with E-state index in [0.29, 0.717) is 11.3 Å². The van der Waals surface area contributed by atoms with Gasteiger partial charge in [-0.05, 0) is 13.8 Å². The Bertz CT molecular complexity index is 297. The molecule has 1 aromatic heterocycles. The van der Waals surface area contributed by atoms with Crippen LogP contribution in [-0.2, 0) is 4.84 Å². The largest absolute Gasteiger partial charge is 0.469 e. The van der Waals surface area contributed by atoms with Gasteiger partial charge in [-0.3, -0.25) is 9.63 Å². The van der Waals surface area contributed by atoms with Crippen molar-refractivity contribution in [2.45, 2.75) is 13.8 Å². The first-order valence-electron chi connectivity index (χ1n) is 3.94. The summed E-state index contributed by atoms with van der Waals surface area (Å²) in [6.45, 7) is 3.58. The van der Waals surface area contributed by atoms with Crippen molar-refractivity contribution >= 4 is 5.91 Å². The zero-order valence-corrected chi connectivity index (χ0v) is 8.25. The topological polar surface area (TPSA) is 42.7 Å². The minimum absolute atomic E-state index is 0.189. The minimum atomic E-state index is -0.189. The molecule has 1 amide bonds. The van der Waals surface area contributed by atoms with Crippen LogP contribution in [0.3, 0.4) is 0 Å². The van der Waals surface area contributed by atoms with E-state index in [9.17, 15) is 4.79 Å². The lowest BCUT2D eigenvalue weighted by Gasteiger charge is -2.13. The molecule has 0 radical (unpaired) electrons. The molecule has 4 heteroatoms. The van der Waals surface area contributed by atoms with Crippen molar-refractivity contribution in [3.05, 3.63) is 23.2 Å². The van der Waals surface area contributed by atoms with Gasteiger partial charge in [0, 0.05) is 12.6 Å². The van der Waals surface area contributed by atoms with Gasteiger partial charge in [0.05, 0.1) is 18.9 Å². The highest BCUT2D eigenvalue weighted by molar-refractivity contribution is 5.95. The number of furan rings is 1. The third-order valence-corrected chi connectivity index (χ3v) is 1.93. The second kappa shape index (κ2) is 3.62. The summed E-state index contributed by atoms with van der Waals surface area (Å²) in [6, 6.07) is 0. The molecular weight excluding hydrogens is 170 g/mol. The quantitative estimate of drug-likeness (QED) is 0.653. The smallest absolute Gasteiger partial charge is 0.280 e. The molecule has 0 unspecified atom stereocenters. The third kappa shape index (κ3) is 1.72. The number of rotatable bonds is 2. The lowest BCUT2D eigenvalue weighted by Crippen LogP contribution is -2.26. The van der Waals surface area contributed by atoms with Crippen LogP contribution in [0.2, 0.25) is 0 Å². The van der Waals surface area contributed by atoms with E-state index in [1.54, 1.807) is 20.2 Å². The number of carbonyl (C=O) groups excluding carboxylic acids is 1. The number of nitrogens with zero attached hydrogens (tertiary/aromatic N) is 1. The van der Waals surface area contributed by atoms with E-state index in [2.05, 4.69) is 0 Å². The van der Waals surface area contributed by atoms with Gasteiger partial charge in [0.2, 0.25) is 0 Å². The molecule has 0 saturated heterocycles. The molecule has 0 fully saturated rings. The number of hydroxylamine groups is 2. The van der Waals surface area contributed by atoms with Crippen LogP contribution in [-0.4, -0.2) is 25.1 Å². The summed E-state index contributed by atoms with van der Waals surface area (Å²) >= 11 is 0. The van der Waals surface area contributed by atoms with E-state index in [-0.39, 0.29) is 5.91 Å². The first-order chi connectivity index (χ1) is 6.07. The van der Waals surface area contributed by atoms with Crippen molar-refractivity contribution < 1.29 is 14.0 Å². The summed E-state index contributed by atoms with van der Waals surface area (Å²) in [5.41, 5.74) is 1.40. The van der Waals surface area contributed by atoms with Crippen LogP contribution < -0.4 is 0 Å². The van der Waals surface area contributed by atoms with Gasteiger partial charge in [-0.25, -0.2) is 5.06 Å². The maximum Gasteiger partial charge on any atom is 0.280 e. The molecular formula is C9H13NO3. The Morgan fingerprint density at radius 1 is 1.54 bits per heavy atom. The maximum absolute atomic E-state index is 11.6. The average molecular weight is 183 g/mol. The number of amides is 1. The minimum Gasteiger partial charge on any atom is -0.469 e. The summed E-state index contributed by atoms with van der Waals surface area (Å²) in [5.74, 6) is 0.428. The van der Waals surface area contributed by atoms with Crippen molar-refractivity contribution in [2.24, 2.45) is 0 Å². The van der Waals surface area contributed by atoms with Gasteiger partial charge in [0.25, 0.3) is 5.91 Å². The summed E-state index contributed by atoms with van der Waals surface area (Å²) in [5, 5.41) is 1.17. The summed E-state index contributed by atoms with van der Waals surface area (Å²) < 4.78 is 5.11. The van der Waals surface area contributed by atoms with Gasteiger partial charge in [0.15, 0.2) is 0 Å². The van der Waals surface area contributed by atoms with Crippen molar-refractivity contribution in [2.75, 3.05) is 14.2 Å². The van der Waals surface area contributed by atoms with Crippen LogP contribution in [0.15, 0.2) is 10.7 Å². The molecule has 0 N–H and O–H groups in total. The molecule has 0 atom stereocenters. The molecule has 13 heavy (non-hydrogen) atoms. The molecule has 1 rings (SSSR count). The highest BCUT2D eigenvalue weighted by Crippen LogP contribution is 2.16. The van der Waals surface area contributed by atoms with Crippen LogP contribution in [0.4, 0.5) is 0 Å². The Hall–Kier alpha value is -1.29. The monoisotopic (exact) mass is 183 g/mol.